The molecule has 1 aliphatic heterocycles. The Morgan fingerprint density at radius 1 is 1.14 bits per heavy atom. The molecular weight excluding hydrogens is 406 g/mol. The minimum Gasteiger partial charge on any atom is -0.494 e. The molecule has 0 saturated carbocycles. The molecule has 2 aromatic carbocycles. The van der Waals surface area contributed by atoms with Crippen LogP contribution in [0.5, 0.6) is 5.75 Å². The smallest absolute Gasteiger partial charge is 0.259 e. The molecule has 3 aromatic rings. The maximum absolute atomic E-state index is 13.6. The Balaban J connectivity index is 1.94. The highest BCUT2D eigenvalue weighted by Gasteiger charge is 2.43. The third-order valence-corrected chi connectivity index (χ3v) is 8.37. The Labute approximate surface area is 177 Å². The lowest BCUT2D eigenvalue weighted by Crippen LogP contribution is -2.47. The van der Waals surface area contributed by atoms with Crippen molar-refractivity contribution in [3.8, 4) is 16.9 Å². The molecule has 1 amide bonds. The fourth-order valence-electron chi connectivity index (χ4n) is 3.65. The topological polar surface area (TPSA) is 29.5 Å². The van der Waals surface area contributed by atoms with Gasteiger partial charge in [-0.1, -0.05) is 50.6 Å². The van der Waals surface area contributed by atoms with E-state index >= 15 is 0 Å². The fourth-order valence-corrected chi connectivity index (χ4v) is 6.93. The summed E-state index contributed by atoms with van der Waals surface area (Å²) >= 11 is 5.66. The highest BCUT2D eigenvalue weighted by atomic mass is 32.9. The van der Waals surface area contributed by atoms with E-state index in [1.807, 2.05) is 61.2 Å². The van der Waals surface area contributed by atoms with Crippen molar-refractivity contribution in [3.05, 3.63) is 62.3 Å². The van der Waals surface area contributed by atoms with E-state index in [0.29, 0.717) is 12.2 Å². The van der Waals surface area contributed by atoms with E-state index in [9.17, 15) is 4.79 Å². The first kappa shape index (κ1) is 19.3. The second-order valence-corrected chi connectivity index (χ2v) is 10.2. The van der Waals surface area contributed by atoms with Crippen LogP contribution >= 0.6 is 32.9 Å². The molecule has 1 aliphatic rings. The molecule has 0 radical (unpaired) electrons. The number of benzene rings is 2. The quantitative estimate of drug-likeness (QED) is 0.340. The molecule has 0 aliphatic carbocycles. The van der Waals surface area contributed by atoms with E-state index in [2.05, 4.69) is 13.8 Å². The second kappa shape index (κ2) is 7.10. The maximum Gasteiger partial charge on any atom is 0.259 e. The van der Waals surface area contributed by atoms with Crippen LogP contribution in [0.3, 0.4) is 0 Å². The molecule has 0 spiro atoms. The number of carbonyl (C=O) groups is 1. The van der Waals surface area contributed by atoms with Gasteiger partial charge in [0.25, 0.3) is 5.91 Å². The molecule has 28 heavy (non-hydrogen) atoms. The van der Waals surface area contributed by atoms with E-state index < -0.39 is 5.54 Å². The van der Waals surface area contributed by atoms with Crippen molar-refractivity contribution >= 4 is 44.5 Å². The number of ether oxygens (including phenoxy) is 1. The molecule has 144 valence electrons. The van der Waals surface area contributed by atoms with Crippen LogP contribution < -0.4 is 9.64 Å². The monoisotopic (exact) mass is 427 g/mol. The minimum atomic E-state index is -0.490. The van der Waals surface area contributed by atoms with Gasteiger partial charge < -0.3 is 4.74 Å². The molecule has 3 nitrogen and oxygen atoms in total. The van der Waals surface area contributed by atoms with Gasteiger partial charge in [0.2, 0.25) is 0 Å². The van der Waals surface area contributed by atoms with Gasteiger partial charge in [0, 0.05) is 16.7 Å². The number of anilines is 1. The van der Waals surface area contributed by atoms with Crippen molar-refractivity contribution in [2.75, 3.05) is 11.5 Å². The van der Waals surface area contributed by atoms with Crippen molar-refractivity contribution in [2.45, 2.75) is 33.2 Å². The van der Waals surface area contributed by atoms with E-state index in [4.69, 9.17) is 17.0 Å². The van der Waals surface area contributed by atoms with Gasteiger partial charge in [-0.25, -0.2) is 0 Å². The van der Waals surface area contributed by atoms with Gasteiger partial charge in [-0.2, -0.15) is 0 Å². The zero-order valence-electron chi connectivity index (χ0n) is 16.2. The first-order chi connectivity index (χ1) is 13.3. The second-order valence-electron chi connectivity index (χ2n) is 7.34. The average Bonchev–Trinajstić information content (AvgIpc) is 3.06. The van der Waals surface area contributed by atoms with Gasteiger partial charge in [0.1, 0.15) is 9.57 Å². The van der Waals surface area contributed by atoms with E-state index in [0.717, 1.165) is 36.8 Å². The van der Waals surface area contributed by atoms with Crippen LogP contribution in [0.4, 0.5) is 5.69 Å². The number of nitrogens with zero attached hydrogens (tertiary/aromatic N) is 1. The predicted molar refractivity (Wildman–Crippen MR) is 121 cm³/mol. The van der Waals surface area contributed by atoms with Crippen molar-refractivity contribution in [3.63, 3.8) is 0 Å². The van der Waals surface area contributed by atoms with Gasteiger partial charge in [-0.05, 0) is 58.0 Å². The third-order valence-electron chi connectivity index (χ3n) is 5.04. The molecular formula is C22H21NO2S3. The summed E-state index contributed by atoms with van der Waals surface area (Å²) in [6.07, 6.45) is 0. The Morgan fingerprint density at radius 2 is 1.86 bits per heavy atom. The fraction of sp³-hybridized carbons (Fsp3) is 0.273. The highest BCUT2D eigenvalue weighted by Crippen LogP contribution is 2.53. The summed E-state index contributed by atoms with van der Waals surface area (Å²) in [5.41, 5.74) is 4.25. The maximum atomic E-state index is 13.6. The number of carbonyl (C=O) groups excluding carboxylic acids is 1. The SMILES string of the molecule is CCOc1ccc2c(c1)-c1c(ssc1=S)C(C)(C)N2C(=O)c1ccc(C)cc1. The van der Waals surface area contributed by atoms with Crippen molar-refractivity contribution in [2.24, 2.45) is 0 Å². The normalized spacial score (nSPS) is 14.4. The van der Waals surface area contributed by atoms with Crippen LogP contribution in [0.1, 0.15) is 41.6 Å². The van der Waals surface area contributed by atoms with Crippen LogP contribution in [0.15, 0.2) is 42.5 Å². The van der Waals surface area contributed by atoms with Gasteiger partial charge >= 0.3 is 0 Å². The zero-order chi connectivity index (χ0) is 20.1. The van der Waals surface area contributed by atoms with Gasteiger partial charge in [-0.15, -0.1) is 0 Å². The third kappa shape index (κ3) is 3.00. The number of hydrogen-bond acceptors (Lipinski definition) is 5. The molecule has 0 unspecified atom stereocenters. The number of aryl methyl sites for hydroxylation is 1. The van der Waals surface area contributed by atoms with E-state index in [1.165, 1.54) is 0 Å². The van der Waals surface area contributed by atoms with Crippen LogP contribution in [-0.2, 0) is 5.54 Å². The number of amides is 1. The molecule has 0 bridgehead atoms. The summed E-state index contributed by atoms with van der Waals surface area (Å²) < 4.78 is 6.58. The zero-order valence-corrected chi connectivity index (χ0v) is 18.7. The standard InChI is InChI=1S/C22H21NO2S3/c1-5-25-15-10-11-17-16(12-15)18-19(27-28-21(18)26)22(3,4)23(17)20(24)14-8-6-13(2)7-9-14/h6-12H,5H2,1-4H3. The summed E-state index contributed by atoms with van der Waals surface area (Å²) in [6.45, 7) is 8.77. The van der Waals surface area contributed by atoms with Crippen molar-refractivity contribution in [1.29, 1.82) is 0 Å². The van der Waals surface area contributed by atoms with Crippen LogP contribution in [0.2, 0.25) is 0 Å². The molecule has 0 N–H and O–H groups in total. The lowest BCUT2D eigenvalue weighted by atomic mass is 9.86. The Hall–Kier alpha value is -2.02. The summed E-state index contributed by atoms with van der Waals surface area (Å²) in [6, 6.07) is 13.7. The van der Waals surface area contributed by atoms with Gasteiger partial charge in [-0.3, -0.25) is 9.69 Å². The van der Waals surface area contributed by atoms with E-state index in [1.54, 1.807) is 20.7 Å². The first-order valence-electron chi connectivity index (χ1n) is 9.16. The van der Waals surface area contributed by atoms with Crippen LogP contribution in [-0.4, -0.2) is 12.5 Å². The number of rotatable bonds is 3. The number of fused-ring (bicyclic) bond motifs is 3. The van der Waals surface area contributed by atoms with Gasteiger partial charge in [0.15, 0.2) is 0 Å². The summed E-state index contributed by atoms with van der Waals surface area (Å²) in [4.78, 5) is 16.6. The Bertz CT molecular complexity index is 1110. The summed E-state index contributed by atoms with van der Waals surface area (Å²) in [5.74, 6) is 0.783. The first-order valence-corrected chi connectivity index (χ1v) is 11.7. The Kier molecular flexibility index (Phi) is 4.89. The lowest BCUT2D eigenvalue weighted by molar-refractivity contribution is 0.0961. The van der Waals surface area contributed by atoms with Crippen LogP contribution in [0.25, 0.3) is 11.1 Å². The number of hydrogen-bond donors (Lipinski definition) is 0. The van der Waals surface area contributed by atoms with Crippen molar-refractivity contribution in [1.82, 2.24) is 0 Å². The van der Waals surface area contributed by atoms with Crippen molar-refractivity contribution < 1.29 is 9.53 Å². The average molecular weight is 428 g/mol. The highest BCUT2D eigenvalue weighted by molar-refractivity contribution is 7.80. The van der Waals surface area contributed by atoms with Crippen LogP contribution in [0, 0.1) is 10.7 Å². The summed E-state index contributed by atoms with van der Waals surface area (Å²) in [7, 11) is 3.26. The molecule has 0 fully saturated rings. The molecule has 4 rings (SSSR count). The predicted octanol–water partition coefficient (Wildman–Crippen LogP) is 6.81. The minimum absolute atomic E-state index is 0.00891. The largest absolute Gasteiger partial charge is 0.494 e. The molecule has 1 aromatic heterocycles. The molecule has 0 saturated heterocycles. The van der Waals surface area contributed by atoms with Gasteiger partial charge in [0.05, 0.1) is 22.7 Å². The molecule has 0 atom stereocenters. The molecule has 6 heteroatoms. The Morgan fingerprint density at radius 3 is 2.54 bits per heavy atom. The summed E-state index contributed by atoms with van der Waals surface area (Å²) in [5, 5.41) is 0. The van der Waals surface area contributed by atoms with E-state index in [-0.39, 0.29) is 5.91 Å². The molecule has 2 heterocycles. The lowest BCUT2D eigenvalue weighted by Gasteiger charge is -2.43.